The maximum Gasteiger partial charge on any atom is 0.416 e. The van der Waals surface area contributed by atoms with Crippen LogP contribution < -0.4 is 0 Å². The number of aryl methyl sites for hydroxylation is 1. The fraction of sp³-hybridized carbons (Fsp3) is 0.200. The molecule has 0 spiro atoms. The third-order valence-corrected chi connectivity index (χ3v) is 4.37. The molecule has 0 aromatic heterocycles. The van der Waals surface area contributed by atoms with Crippen LogP contribution in [0.15, 0.2) is 40.9 Å². The van der Waals surface area contributed by atoms with Crippen molar-refractivity contribution in [2.24, 2.45) is 0 Å². The van der Waals surface area contributed by atoms with E-state index in [9.17, 15) is 18.3 Å². The van der Waals surface area contributed by atoms with Gasteiger partial charge in [-0.25, -0.2) is 0 Å². The Bertz CT molecular complexity index is 670. The molecule has 0 aliphatic carbocycles. The molecule has 21 heavy (non-hydrogen) atoms. The summed E-state index contributed by atoms with van der Waals surface area (Å²) in [5.74, 6) is 0. The molecule has 112 valence electrons. The van der Waals surface area contributed by atoms with Crippen LogP contribution in [0.3, 0.4) is 0 Å². The van der Waals surface area contributed by atoms with Crippen molar-refractivity contribution in [3.8, 4) is 0 Å². The van der Waals surface area contributed by atoms with Crippen LogP contribution in [0.4, 0.5) is 13.2 Å². The minimum absolute atomic E-state index is 0.378. The molecule has 2 rings (SSSR count). The summed E-state index contributed by atoms with van der Waals surface area (Å²) in [6.07, 6.45) is -5.40. The normalized spacial score (nSPS) is 13.3. The average molecular weight is 380 g/mol. The molecule has 0 radical (unpaired) electrons. The number of halogens is 5. The Morgan fingerprint density at radius 2 is 1.81 bits per heavy atom. The zero-order chi connectivity index (χ0) is 15.8. The molecule has 0 bridgehead atoms. The lowest BCUT2D eigenvalue weighted by Gasteiger charge is -2.16. The molecular weight excluding hydrogens is 369 g/mol. The smallest absolute Gasteiger partial charge is 0.384 e. The first kappa shape index (κ1) is 16.3. The molecule has 1 nitrogen and oxygen atoms in total. The SMILES string of the molecule is Cc1cc(C(F)(F)F)ccc1C(O)c1ccc(Cl)c(Br)c1. The van der Waals surface area contributed by atoms with Crippen LogP contribution >= 0.6 is 27.5 Å². The monoisotopic (exact) mass is 378 g/mol. The van der Waals surface area contributed by atoms with Gasteiger partial charge in [0.2, 0.25) is 0 Å². The van der Waals surface area contributed by atoms with Gasteiger partial charge in [-0.15, -0.1) is 0 Å². The summed E-state index contributed by atoms with van der Waals surface area (Å²) < 4.78 is 38.5. The van der Waals surface area contributed by atoms with E-state index in [-0.39, 0.29) is 0 Å². The van der Waals surface area contributed by atoms with Gasteiger partial charge >= 0.3 is 6.18 Å². The highest BCUT2D eigenvalue weighted by atomic mass is 79.9. The van der Waals surface area contributed by atoms with Crippen molar-refractivity contribution in [1.82, 2.24) is 0 Å². The van der Waals surface area contributed by atoms with Crippen LogP contribution in [0.1, 0.15) is 28.4 Å². The third kappa shape index (κ3) is 3.59. The van der Waals surface area contributed by atoms with Gasteiger partial charge in [0.15, 0.2) is 0 Å². The summed E-state index contributed by atoms with van der Waals surface area (Å²) >= 11 is 9.13. The van der Waals surface area contributed by atoms with Crippen LogP contribution in [0, 0.1) is 6.92 Å². The van der Waals surface area contributed by atoms with Crippen molar-refractivity contribution >= 4 is 27.5 Å². The van der Waals surface area contributed by atoms with Crippen LogP contribution in [0.25, 0.3) is 0 Å². The number of aliphatic hydroxyl groups is 1. The molecule has 0 fully saturated rings. The van der Waals surface area contributed by atoms with Gasteiger partial charge in [0.1, 0.15) is 6.10 Å². The predicted octanol–water partition coefficient (Wildman–Crippen LogP) is 5.51. The van der Waals surface area contributed by atoms with Crippen LogP contribution in [0.2, 0.25) is 5.02 Å². The molecular formula is C15H11BrClF3O. The molecule has 0 aliphatic heterocycles. The lowest BCUT2D eigenvalue weighted by Crippen LogP contribution is -2.08. The minimum atomic E-state index is -4.39. The van der Waals surface area contributed by atoms with Crippen molar-refractivity contribution in [2.75, 3.05) is 0 Å². The first-order valence-corrected chi connectivity index (χ1v) is 7.18. The van der Waals surface area contributed by atoms with Crippen molar-refractivity contribution in [2.45, 2.75) is 19.2 Å². The van der Waals surface area contributed by atoms with Gasteiger partial charge in [0, 0.05) is 4.47 Å². The second-order valence-corrected chi connectivity index (χ2v) is 5.91. The topological polar surface area (TPSA) is 20.2 Å². The summed E-state index contributed by atoms with van der Waals surface area (Å²) in [4.78, 5) is 0. The van der Waals surface area contributed by atoms with Gasteiger partial charge in [-0.05, 0) is 63.8 Å². The Morgan fingerprint density at radius 3 is 2.33 bits per heavy atom. The van der Waals surface area contributed by atoms with Crippen molar-refractivity contribution in [3.05, 3.63) is 68.1 Å². The van der Waals surface area contributed by atoms with Crippen molar-refractivity contribution in [1.29, 1.82) is 0 Å². The number of hydrogen-bond acceptors (Lipinski definition) is 1. The molecule has 1 atom stereocenters. The Labute approximate surface area is 133 Å². The minimum Gasteiger partial charge on any atom is -0.384 e. The summed E-state index contributed by atoms with van der Waals surface area (Å²) in [6.45, 7) is 1.54. The van der Waals surface area contributed by atoms with Gasteiger partial charge in [-0.3, -0.25) is 0 Å². The number of benzene rings is 2. The van der Waals surface area contributed by atoms with Crippen LogP contribution in [-0.2, 0) is 6.18 Å². The molecule has 1 N–H and O–H groups in total. The van der Waals surface area contributed by atoms with Gasteiger partial charge in [0.25, 0.3) is 0 Å². The molecule has 2 aromatic rings. The maximum atomic E-state index is 12.6. The fourth-order valence-electron chi connectivity index (χ4n) is 2.02. The Kier molecular flexibility index (Phi) is 4.66. The molecule has 0 heterocycles. The standard InChI is InChI=1S/C15H11BrClF3O/c1-8-6-10(15(18,19)20)3-4-11(8)14(21)9-2-5-13(17)12(16)7-9/h2-7,14,21H,1H3. The van der Waals surface area contributed by atoms with Gasteiger partial charge in [-0.2, -0.15) is 13.2 Å². The molecule has 0 saturated heterocycles. The quantitative estimate of drug-likeness (QED) is 0.729. The Morgan fingerprint density at radius 1 is 1.14 bits per heavy atom. The first-order valence-electron chi connectivity index (χ1n) is 6.01. The summed E-state index contributed by atoms with van der Waals surface area (Å²) in [6, 6.07) is 8.19. The second-order valence-electron chi connectivity index (χ2n) is 4.65. The van der Waals surface area contributed by atoms with E-state index in [4.69, 9.17) is 11.6 Å². The fourth-order valence-corrected chi connectivity index (χ4v) is 2.53. The largest absolute Gasteiger partial charge is 0.416 e. The summed E-state index contributed by atoms with van der Waals surface area (Å²) in [7, 11) is 0. The van der Waals surface area contributed by atoms with E-state index in [0.29, 0.717) is 26.2 Å². The highest BCUT2D eigenvalue weighted by Gasteiger charge is 2.31. The van der Waals surface area contributed by atoms with Crippen molar-refractivity contribution in [3.63, 3.8) is 0 Å². The van der Waals surface area contributed by atoms with E-state index in [1.54, 1.807) is 25.1 Å². The molecule has 6 heteroatoms. The van der Waals surface area contributed by atoms with Gasteiger partial charge in [-0.1, -0.05) is 23.7 Å². The first-order chi connectivity index (χ1) is 9.70. The van der Waals surface area contributed by atoms with E-state index in [1.807, 2.05) is 0 Å². The van der Waals surface area contributed by atoms with Crippen LogP contribution in [0.5, 0.6) is 0 Å². The number of rotatable bonds is 2. The van der Waals surface area contributed by atoms with E-state index < -0.39 is 17.8 Å². The second kappa shape index (κ2) is 5.99. The third-order valence-electron chi connectivity index (χ3n) is 3.15. The molecule has 0 aliphatic rings. The maximum absolute atomic E-state index is 12.6. The molecule has 0 saturated carbocycles. The van der Waals surface area contributed by atoms with Gasteiger partial charge < -0.3 is 5.11 Å². The average Bonchev–Trinajstić information content (AvgIpc) is 2.40. The lowest BCUT2D eigenvalue weighted by atomic mass is 9.96. The Balaban J connectivity index is 2.39. The summed E-state index contributed by atoms with van der Waals surface area (Å²) in [5.41, 5.74) is 0.628. The van der Waals surface area contributed by atoms with Gasteiger partial charge in [0.05, 0.1) is 10.6 Å². The van der Waals surface area contributed by atoms with Crippen LogP contribution in [-0.4, -0.2) is 5.11 Å². The highest BCUT2D eigenvalue weighted by Crippen LogP contribution is 2.34. The molecule has 0 amide bonds. The number of alkyl halides is 3. The molecule has 2 aromatic carbocycles. The zero-order valence-electron chi connectivity index (χ0n) is 10.9. The zero-order valence-corrected chi connectivity index (χ0v) is 13.2. The predicted molar refractivity (Wildman–Crippen MR) is 79.4 cm³/mol. The van der Waals surface area contributed by atoms with E-state index in [1.165, 1.54) is 6.07 Å². The lowest BCUT2D eigenvalue weighted by molar-refractivity contribution is -0.137. The van der Waals surface area contributed by atoms with E-state index in [2.05, 4.69) is 15.9 Å². The highest BCUT2D eigenvalue weighted by molar-refractivity contribution is 9.10. The van der Waals surface area contributed by atoms with E-state index in [0.717, 1.165) is 12.1 Å². The number of hydrogen-bond donors (Lipinski definition) is 1. The summed E-state index contributed by atoms with van der Waals surface area (Å²) in [5, 5.41) is 10.8. The number of aliphatic hydroxyl groups excluding tert-OH is 1. The van der Waals surface area contributed by atoms with Crippen molar-refractivity contribution < 1.29 is 18.3 Å². The van der Waals surface area contributed by atoms with E-state index >= 15 is 0 Å². The Hall–Kier alpha value is -1.04. The molecule has 1 unspecified atom stereocenters.